The number of nitrogens with one attached hydrogen (secondary N) is 1. The summed E-state index contributed by atoms with van der Waals surface area (Å²) in [6, 6.07) is 14.9. The molecule has 2 unspecified atom stereocenters. The van der Waals surface area contributed by atoms with Crippen LogP contribution in [0.1, 0.15) is 33.6 Å². The Morgan fingerprint density at radius 1 is 0.704 bits per heavy atom. The van der Waals surface area contributed by atoms with Gasteiger partial charge < -0.3 is 11.1 Å². The molecule has 3 aromatic carbocycles. The Balaban J connectivity index is 1.91. The van der Waals surface area contributed by atoms with E-state index >= 15 is 0 Å². The quantitative estimate of drug-likeness (QED) is 0.705. The zero-order chi connectivity index (χ0) is 19.4. The molecule has 0 aliphatic carbocycles. The highest BCUT2D eigenvalue weighted by Gasteiger charge is 2.24. The first-order valence-corrected chi connectivity index (χ1v) is 8.27. The van der Waals surface area contributed by atoms with Gasteiger partial charge >= 0.3 is 0 Å². The lowest BCUT2D eigenvalue weighted by Crippen LogP contribution is -2.36. The van der Waals surface area contributed by atoms with Crippen LogP contribution in [0.5, 0.6) is 0 Å². The molecule has 3 rings (SSSR count). The lowest BCUT2D eigenvalue weighted by Gasteiger charge is -2.26. The van der Waals surface area contributed by atoms with Crippen molar-refractivity contribution in [3.63, 3.8) is 0 Å². The Morgan fingerprint density at radius 2 is 1.11 bits per heavy atom. The summed E-state index contributed by atoms with van der Waals surface area (Å²) in [6.07, 6.45) is 0. The average molecular weight is 370 g/mol. The van der Waals surface area contributed by atoms with E-state index in [2.05, 4.69) is 5.32 Å². The molecule has 0 aliphatic rings. The van der Waals surface area contributed by atoms with E-state index in [0.29, 0.717) is 11.1 Å². The van der Waals surface area contributed by atoms with Gasteiger partial charge in [-0.15, -0.1) is 0 Å². The van der Waals surface area contributed by atoms with E-state index < -0.39 is 35.4 Å². The third kappa shape index (κ3) is 4.54. The average Bonchev–Trinajstić information content (AvgIpc) is 2.67. The first-order valence-electron chi connectivity index (χ1n) is 8.27. The molecule has 0 saturated heterocycles. The largest absolute Gasteiger partial charge is 0.343 e. The molecule has 0 radical (unpaired) electrons. The number of nitrogens with two attached hydrogens (primary N) is 1. The van der Waals surface area contributed by atoms with Crippen molar-refractivity contribution in [1.29, 1.82) is 0 Å². The van der Waals surface area contributed by atoms with E-state index in [0.717, 1.165) is 0 Å². The Morgan fingerprint density at radius 3 is 1.59 bits per heavy atom. The second kappa shape index (κ2) is 8.05. The number of benzene rings is 3. The molecule has 0 spiro atoms. The normalized spacial score (nSPS) is 13.0. The second-order valence-electron chi connectivity index (χ2n) is 6.09. The highest BCUT2D eigenvalue weighted by Crippen LogP contribution is 2.28. The van der Waals surface area contributed by atoms with Crippen LogP contribution in [-0.2, 0) is 0 Å². The van der Waals surface area contributed by atoms with Gasteiger partial charge in [-0.05, 0) is 59.7 Å². The van der Waals surface area contributed by atoms with Crippen molar-refractivity contribution < 1.29 is 18.0 Å². The first kappa shape index (κ1) is 18.7. The molecule has 0 fully saturated rings. The number of hydrogen-bond donors (Lipinski definition) is 2. The summed E-state index contributed by atoms with van der Waals surface area (Å²) >= 11 is 0. The van der Waals surface area contributed by atoms with Gasteiger partial charge in [0.15, 0.2) is 0 Å². The van der Waals surface area contributed by atoms with Crippen LogP contribution < -0.4 is 11.1 Å². The minimum absolute atomic E-state index is 0.259. The standard InChI is InChI=1S/C21H17F3N2O/c22-16-7-1-13(2-8-16)19(25)20(14-3-9-17(23)10-4-14)26-21(27)15-5-11-18(24)12-6-15/h1-12,19-20H,25H2,(H,26,27). The molecule has 0 bridgehead atoms. The van der Waals surface area contributed by atoms with Gasteiger partial charge in [0.05, 0.1) is 12.1 Å². The fourth-order valence-corrected chi connectivity index (χ4v) is 2.75. The lowest BCUT2D eigenvalue weighted by molar-refractivity contribution is 0.0930. The summed E-state index contributed by atoms with van der Waals surface area (Å²) in [7, 11) is 0. The summed E-state index contributed by atoms with van der Waals surface area (Å²) in [5.74, 6) is -1.73. The van der Waals surface area contributed by atoms with Gasteiger partial charge in [0.2, 0.25) is 0 Å². The van der Waals surface area contributed by atoms with E-state index in [9.17, 15) is 18.0 Å². The summed E-state index contributed by atoms with van der Waals surface area (Å²) in [5.41, 5.74) is 7.77. The van der Waals surface area contributed by atoms with Crippen molar-refractivity contribution in [2.45, 2.75) is 12.1 Å². The first-order chi connectivity index (χ1) is 12.9. The molecule has 0 saturated carbocycles. The Hall–Kier alpha value is -3.12. The zero-order valence-electron chi connectivity index (χ0n) is 14.2. The minimum atomic E-state index is -0.708. The van der Waals surface area contributed by atoms with Crippen molar-refractivity contribution in [1.82, 2.24) is 5.32 Å². The number of rotatable bonds is 5. The van der Waals surface area contributed by atoms with Gasteiger partial charge in [-0.25, -0.2) is 13.2 Å². The Labute approximate surface area is 154 Å². The van der Waals surface area contributed by atoms with Crippen LogP contribution in [-0.4, -0.2) is 5.91 Å². The molecule has 27 heavy (non-hydrogen) atoms. The van der Waals surface area contributed by atoms with Crippen LogP contribution >= 0.6 is 0 Å². The van der Waals surface area contributed by atoms with E-state index in [1.54, 1.807) is 0 Å². The summed E-state index contributed by atoms with van der Waals surface area (Å²) in [5, 5.41) is 2.80. The summed E-state index contributed by atoms with van der Waals surface area (Å²) < 4.78 is 39.6. The third-order valence-corrected chi connectivity index (χ3v) is 4.24. The predicted octanol–water partition coefficient (Wildman–Crippen LogP) is 4.28. The molecule has 1 amide bonds. The Bertz CT molecular complexity index is 910. The smallest absolute Gasteiger partial charge is 0.251 e. The Kier molecular flexibility index (Phi) is 5.57. The minimum Gasteiger partial charge on any atom is -0.343 e. The molecule has 0 aliphatic heterocycles. The van der Waals surface area contributed by atoms with Crippen LogP contribution in [0.4, 0.5) is 13.2 Å². The molecule has 0 aromatic heterocycles. The maximum atomic E-state index is 13.3. The molecule has 2 atom stereocenters. The van der Waals surface area contributed by atoms with Crippen LogP contribution in [0.2, 0.25) is 0 Å². The van der Waals surface area contributed by atoms with Gasteiger partial charge in [-0.3, -0.25) is 4.79 Å². The molecule has 3 N–H and O–H groups in total. The van der Waals surface area contributed by atoms with Gasteiger partial charge in [0, 0.05) is 5.56 Å². The van der Waals surface area contributed by atoms with Gasteiger partial charge in [0.25, 0.3) is 5.91 Å². The molecule has 3 aromatic rings. The predicted molar refractivity (Wildman–Crippen MR) is 96.3 cm³/mol. The topological polar surface area (TPSA) is 55.1 Å². The molecular formula is C21H17F3N2O. The number of carbonyl (C=O) groups is 1. The number of halogens is 3. The van der Waals surface area contributed by atoms with E-state index in [1.807, 2.05) is 0 Å². The van der Waals surface area contributed by atoms with Crippen molar-refractivity contribution in [2.24, 2.45) is 5.73 Å². The third-order valence-electron chi connectivity index (χ3n) is 4.24. The fraction of sp³-hybridized carbons (Fsp3) is 0.0952. The van der Waals surface area contributed by atoms with Crippen LogP contribution in [0.3, 0.4) is 0 Å². The lowest BCUT2D eigenvalue weighted by atomic mass is 9.93. The molecule has 138 valence electrons. The number of hydrogen-bond acceptors (Lipinski definition) is 2. The fourth-order valence-electron chi connectivity index (χ4n) is 2.75. The van der Waals surface area contributed by atoms with Crippen LogP contribution in [0.25, 0.3) is 0 Å². The maximum Gasteiger partial charge on any atom is 0.251 e. The van der Waals surface area contributed by atoms with E-state index in [4.69, 9.17) is 5.73 Å². The molecule has 0 heterocycles. The van der Waals surface area contributed by atoms with Gasteiger partial charge in [-0.1, -0.05) is 24.3 Å². The van der Waals surface area contributed by atoms with Crippen LogP contribution in [0, 0.1) is 17.5 Å². The van der Waals surface area contributed by atoms with E-state index in [1.165, 1.54) is 72.8 Å². The summed E-state index contributed by atoms with van der Waals surface area (Å²) in [6.45, 7) is 0. The number of carbonyl (C=O) groups excluding carboxylic acids is 1. The van der Waals surface area contributed by atoms with Crippen molar-refractivity contribution in [3.05, 3.63) is 107 Å². The highest BCUT2D eigenvalue weighted by molar-refractivity contribution is 5.94. The highest BCUT2D eigenvalue weighted by atomic mass is 19.1. The zero-order valence-corrected chi connectivity index (χ0v) is 14.2. The van der Waals surface area contributed by atoms with Gasteiger partial charge in [-0.2, -0.15) is 0 Å². The second-order valence-corrected chi connectivity index (χ2v) is 6.09. The van der Waals surface area contributed by atoms with Crippen molar-refractivity contribution >= 4 is 5.91 Å². The monoisotopic (exact) mass is 370 g/mol. The maximum absolute atomic E-state index is 13.3. The van der Waals surface area contributed by atoms with Crippen molar-refractivity contribution in [3.8, 4) is 0 Å². The van der Waals surface area contributed by atoms with Gasteiger partial charge in [0.1, 0.15) is 17.5 Å². The SMILES string of the molecule is NC(c1ccc(F)cc1)C(NC(=O)c1ccc(F)cc1)c1ccc(F)cc1. The van der Waals surface area contributed by atoms with Crippen molar-refractivity contribution in [2.75, 3.05) is 0 Å². The van der Waals surface area contributed by atoms with Crippen LogP contribution in [0.15, 0.2) is 72.8 Å². The van der Waals surface area contributed by atoms with E-state index in [-0.39, 0.29) is 5.56 Å². The molecule has 6 heteroatoms. The summed E-state index contributed by atoms with van der Waals surface area (Å²) in [4.78, 5) is 12.6. The molecule has 3 nitrogen and oxygen atoms in total. The molecular weight excluding hydrogens is 353 g/mol. The number of amides is 1.